The molecule has 3 aromatic rings. The van der Waals surface area contributed by atoms with Gasteiger partial charge in [0, 0.05) is 31.4 Å². The number of hydrazone groups is 1. The first-order valence-electron chi connectivity index (χ1n) is 10.6. The minimum Gasteiger partial charge on any atom is -0.476 e. The Morgan fingerprint density at radius 1 is 0.871 bits per heavy atom. The monoisotopic (exact) mass is 584 g/mol. The molecule has 0 amide bonds. The first kappa shape index (κ1) is 20.5. The first-order chi connectivity index (χ1) is 14.3. The summed E-state index contributed by atoms with van der Waals surface area (Å²) in [6.07, 6.45) is 0. The van der Waals surface area contributed by atoms with Gasteiger partial charge in [-0.1, -0.05) is 74.8 Å². The molecule has 0 aromatic heterocycles. The molecule has 159 valence electrons. The zero-order chi connectivity index (χ0) is 20.8. The van der Waals surface area contributed by atoms with E-state index in [2.05, 4.69) is 107 Å². The molecule has 0 saturated carbocycles. The molecule has 6 rings (SSSR count). The zero-order valence-electron chi connectivity index (χ0n) is 18.4. The van der Waals surface area contributed by atoms with E-state index in [9.17, 15) is 0 Å². The SMILES string of the molecule is Cc1ccc(N2[CH-]N3C(=N2)c2cccc4c2-c2c3[c-]ccc2C(C)(C)C4(C)C)cc1.[Ir]. The van der Waals surface area contributed by atoms with Gasteiger partial charge in [-0.25, -0.2) is 0 Å². The molecular formula is C27H25IrN3-2. The number of aryl methyl sites for hydroxylation is 1. The quantitative estimate of drug-likeness (QED) is 0.320. The average molecular weight is 584 g/mol. The number of benzene rings is 3. The van der Waals surface area contributed by atoms with Crippen LogP contribution in [0.4, 0.5) is 11.4 Å². The molecule has 0 spiro atoms. The third-order valence-electron chi connectivity index (χ3n) is 7.64. The molecule has 3 aliphatic rings. The maximum Gasteiger partial charge on any atom is 0.127 e. The molecule has 0 fully saturated rings. The van der Waals surface area contributed by atoms with Crippen molar-refractivity contribution < 1.29 is 20.1 Å². The average Bonchev–Trinajstić information content (AvgIpc) is 3.18. The van der Waals surface area contributed by atoms with Crippen molar-refractivity contribution in [3.63, 3.8) is 0 Å². The molecular weight excluding hydrogens is 559 g/mol. The Kier molecular flexibility index (Phi) is 4.32. The van der Waals surface area contributed by atoms with Crippen LogP contribution in [0.1, 0.15) is 49.9 Å². The van der Waals surface area contributed by atoms with Crippen molar-refractivity contribution in [1.29, 1.82) is 0 Å². The number of hydrogen-bond acceptors (Lipinski definition) is 3. The van der Waals surface area contributed by atoms with Crippen molar-refractivity contribution in [2.75, 3.05) is 9.91 Å². The van der Waals surface area contributed by atoms with Crippen LogP contribution in [0.2, 0.25) is 0 Å². The Morgan fingerprint density at radius 2 is 1.55 bits per heavy atom. The second kappa shape index (κ2) is 6.54. The fourth-order valence-electron chi connectivity index (χ4n) is 5.16. The summed E-state index contributed by atoms with van der Waals surface area (Å²) >= 11 is 0. The normalized spacial score (nSPS) is 18.7. The van der Waals surface area contributed by atoms with E-state index < -0.39 is 0 Å². The third kappa shape index (κ3) is 2.52. The van der Waals surface area contributed by atoms with Gasteiger partial charge < -0.3 is 9.91 Å². The van der Waals surface area contributed by atoms with Gasteiger partial charge in [-0.3, -0.25) is 0 Å². The minimum absolute atomic E-state index is 0. The van der Waals surface area contributed by atoms with E-state index in [4.69, 9.17) is 5.10 Å². The molecule has 4 heteroatoms. The third-order valence-corrected chi connectivity index (χ3v) is 7.64. The van der Waals surface area contributed by atoms with Crippen LogP contribution in [0.3, 0.4) is 0 Å². The molecule has 0 N–H and O–H groups in total. The van der Waals surface area contributed by atoms with E-state index in [1.165, 1.54) is 33.4 Å². The number of amidine groups is 1. The summed E-state index contributed by atoms with van der Waals surface area (Å²) in [6.45, 7) is 13.7. The molecule has 3 nitrogen and oxygen atoms in total. The summed E-state index contributed by atoms with van der Waals surface area (Å²) in [7, 11) is 0. The molecule has 1 radical (unpaired) electrons. The standard InChI is InChI=1S/C27H25N3.Ir/c1-17-12-14-18(15-13-17)30-16-29-22-11-7-10-21-24(22)23-19(25(29)28-30)8-6-9-20(23)26(2,3)27(21,4)5;/h6-10,12-16H,1-5H3;/q-2;. The molecule has 2 heterocycles. The van der Waals surface area contributed by atoms with Gasteiger partial charge in [0.1, 0.15) is 5.84 Å². The maximum atomic E-state index is 5.03. The summed E-state index contributed by atoms with van der Waals surface area (Å²) in [5.41, 5.74) is 10.1. The Labute approximate surface area is 198 Å². The smallest absolute Gasteiger partial charge is 0.127 e. The van der Waals surface area contributed by atoms with Crippen molar-refractivity contribution >= 4 is 17.2 Å². The Morgan fingerprint density at radius 3 is 2.26 bits per heavy atom. The molecule has 0 bridgehead atoms. The van der Waals surface area contributed by atoms with E-state index >= 15 is 0 Å². The van der Waals surface area contributed by atoms with Gasteiger partial charge in [-0.15, -0.1) is 17.8 Å². The van der Waals surface area contributed by atoms with Gasteiger partial charge in [0.25, 0.3) is 0 Å². The molecule has 1 aliphatic carbocycles. The van der Waals surface area contributed by atoms with Gasteiger partial charge >= 0.3 is 0 Å². The van der Waals surface area contributed by atoms with Crippen molar-refractivity contribution in [1.82, 2.24) is 0 Å². The Balaban J connectivity index is 0.00000204. The fraction of sp³-hybridized carbons (Fsp3) is 0.259. The predicted molar refractivity (Wildman–Crippen MR) is 124 cm³/mol. The van der Waals surface area contributed by atoms with Crippen LogP contribution in [-0.4, -0.2) is 5.84 Å². The maximum absolute atomic E-state index is 5.03. The van der Waals surface area contributed by atoms with Crippen LogP contribution >= 0.6 is 0 Å². The summed E-state index contributed by atoms with van der Waals surface area (Å²) < 4.78 is 0. The zero-order valence-corrected chi connectivity index (χ0v) is 20.8. The molecule has 0 saturated heterocycles. The van der Waals surface area contributed by atoms with Gasteiger partial charge in [0.05, 0.1) is 0 Å². The molecule has 31 heavy (non-hydrogen) atoms. The van der Waals surface area contributed by atoms with Crippen LogP contribution in [0.15, 0.2) is 59.7 Å². The number of rotatable bonds is 1. The summed E-state index contributed by atoms with van der Waals surface area (Å²) in [5, 5.41) is 7.01. The van der Waals surface area contributed by atoms with Crippen molar-refractivity contribution in [2.24, 2.45) is 5.10 Å². The van der Waals surface area contributed by atoms with Crippen molar-refractivity contribution in [3.05, 3.63) is 89.6 Å². The fourth-order valence-corrected chi connectivity index (χ4v) is 5.16. The van der Waals surface area contributed by atoms with Gasteiger partial charge in [0.15, 0.2) is 0 Å². The van der Waals surface area contributed by atoms with Crippen LogP contribution in [0.5, 0.6) is 0 Å². The van der Waals surface area contributed by atoms with Crippen LogP contribution in [0.25, 0.3) is 11.1 Å². The largest absolute Gasteiger partial charge is 0.476 e. The van der Waals surface area contributed by atoms with E-state index in [1.807, 2.05) is 5.01 Å². The second-order valence-corrected chi connectivity index (χ2v) is 9.68. The van der Waals surface area contributed by atoms with E-state index in [-0.39, 0.29) is 30.9 Å². The van der Waals surface area contributed by atoms with Crippen molar-refractivity contribution in [2.45, 2.75) is 45.4 Å². The van der Waals surface area contributed by atoms with Gasteiger partial charge in [0.2, 0.25) is 0 Å². The molecule has 2 aliphatic heterocycles. The number of hydrogen-bond donors (Lipinski definition) is 0. The van der Waals surface area contributed by atoms with Crippen LogP contribution in [0, 0.1) is 19.7 Å². The second-order valence-electron chi connectivity index (χ2n) is 9.68. The topological polar surface area (TPSA) is 18.8 Å². The van der Waals surface area contributed by atoms with Gasteiger partial charge in [-0.2, -0.15) is 23.3 Å². The first-order valence-corrected chi connectivity index (χ1v) is 10.6. The summed E-state index contributed by atoms with van der Waals surface area (Å²) in [6, 6.07) is 23.1. The Bertz CT molecular complexity index is 1240. The van der Waals surface area contributed by atoms with E-state index in [0.717, 1.165) is 17.2 Å². The number of fused-ring (bicyclic) bond motifs is 3. The summed E-state index contributed by atoms with van der Waals surface area (Å²) in [5.74, 6) is 0.976. The predicted octanol–water partition coefficient (Wildman–Crippen LogP) is 6.15. The van der Waals surface area contributed by atoms with Crippen LogP contribution < -0.4 is 9.91 Å². The van der Waals surface area contributed by atoms with E-state index in [1.54, 1.807) is 0 Å². The van der Waals surface area contributed by atoms with E-state index in [0.29, 0.717) is 0 Å². The van der Waals surface area contributed by atoms with Crippen molar-refractivity contribution in [3.8, 4) is 11.1 Å². The van der Waals surface area contributed by atoms with Crippen LogP contribution in [-0.2, 0) is 30.9 Å². The minimum atomic E-state index is 0. The Hall–Kier alpha value is -2.42. The molecule has 3 aromatic carbocycles. The number of nitrogens with zero attached hydrogens (tertiary/aromatic N) is 3. The van der Waals surface area contributed by atoms with Gasteiger partial charge in [-0.05, 0) is 35.4 Å². The molecule has 0 unspecified atom stereocenters. The summed E-state index contributed by atoms with van der Waals surface area (Å²) in [4.78, 5) is 2.21. The number of anilines is 2. The molecule has 0 atom stereocenters.